The molecule has 19 heavy (non-hydrogen) atoms. The molecule has 5 nitrogen and oxygen atoms in total. The first-order valence-corrected chi connectivity index (χ1v) is 6.76. The van der Waals surface area contributed by atoms with E-state index in [9.17, 15) is 0 Å². The zero-order valence-electron chi connectivity index (χ0n) is 11.9. The van der Waals surface area contributed by atoms with Gasteiger partial charge in [0, 0.05) is 33.0 Å². The molecule has 0 saturated carbocycles. The lowest BCUT2D eigenvalue weighted by Crippen LogP contribution is -2.09. The first kappa shape index (κ1) is 13.8. The lowest BCUT2D eigenvalue weighted by molar-refractivity contribution is 0.110. The fourth-order valence-electron chi connectivity index (χ4n) is 1.89. The number of nitrogens with one attached hydrogen (secondary N) is 1. The molecule has 5 heteroatoms. The highest BCUT2D eigenvalue weighted by Gasteiger charge is 2.05. The van der Waals surface area contributed by atoms with Crippen LogP contribution in [0.4, 0.5) is 5.82 Å². The van der Waals surface area contributed by atoms with E-state index in [-0.39, 0.29) is 0 Å². The van der Waals surface area contributed by atoms with E-state index in [1.807, 2.05) is 30.2 Å². The molecule has 0 amide bonds. The molecule has 0 aliphatic heterocycles. The van der Waals surface area contributed by atoms with Crippen LogP contribution in [0.1, 0.15) is 20.3 Å². The topological polar surface area (TPSA) is 52.0 Å². The van der Waals surface area contributed by atoms with Gasteiger partial charge in [-0.2, -0.15) is 0 Å². The predicted octanol–water partition coefficient (Wildman–Crippen LogP) is 2.44. The number of fused-ring (bicyclic) bond motifs is 1. The van der Waals surface area contributed by atoms with Crippen LogP contribution in [0, 0.1) is 5.92 Å². The van der Waals surface area contributed by atoms with Gasteiger partial charge in [-0.3, -0.25) is 0 Å². The van der Waals surface area contributed by atoms with E-state index < -0.39 is 0 Å². The molecule has 0 spiro atoms. The molecule has 0 fully saturated rings. The second kappa shape index (κ2) is 6.52. The van der Waals surface area contributed by atoms with Crippen LogP contribution >= 0.6 is 0 Å². The van der Waals surface area contributed by atoms with E-state index in [2.05, 4.69) is 29.1 Å². The molecule has 0 bridgehead atoms. The molecule has 2 aromatic heterocycles. The summed E-state index contributed by atoms with van der Waals surface area (Å²) >= 11 is 0. The van der Waals surface area contributed by atoms with Crippen molar-refractivity contribution in [2.24, 2.45) is 13.0 Å². The molecule has 2 aromatic rings. The molecule has 0 saturated heterocycles. The van der Waals surface area contributed by atoms with E-state index in [1.165, 1.54) is 0 Å². The monoisotopic (exact) mass is 262 g/mol. The number of nitrogens with zero attached hydrogens (tertiary/aromatic N) is 3. The van der Waals surface area contributed by atoms with Crippen LogP contribution < -0.4 is 5.32 Å². The number of hydrogen-bond donors (Lipinski definition) is 1. The number of rotatable bonds is 7. The zero-order chi connectivity index (χ0) is 13.7. The van der Waals surface area contributed by atoms with Gasteiger partial charge in [0.2, 0.25) is 0 Å². The lowest BCUT2D eigenvalue weighted by Gasteiger charge is -2.08. The summed E-state index contributed by atoms with van der Waals surface area (Å²) in [5.74, 6) is 1.44. The first-order chi connectivity index (χ1) is 9.18. The predicted molar refractivity (Wildman–Crippen MR) is 77.3 cm³/mol. The Bertz CT molecular complexity index is 521. The van der Waals surface area contributed by atoms with Gasteiger partial charge in [-0.15, -0.1) is 0 Å². The van der Waals surface area contributed by atoms with Crippen molar-refractivity contribution < 1.29 is 4.74 Å². The number of pyridine rings is 1. The third-order valence-electron chi connectivity index (χ3n) is 2.85. The van der Waals surface area contributed by atoms with Crippen molar-refractivity contribution in [1.82, 2.24) is 14.5 Å². The van der Waals surface area contributed by atoms with Gasteiger partial charge in [0.1, 0.15) is 5.52 Å². The first-order valence-electron chi connectivity index (χ1n) is 6.76. The maximum atomic E-state index is 5.54. The SMILES string of the molecule is CC(C)COCCCNc1nccc2c1ncn2C. The highest BCUT2D eigenvalue weighted by molar-refractivity contribution is 5.85. The molecule has 2 heterocycles. The molecule has 0 radical (unpaired) electrons. The van der Waals surface area contributed by atoms with Crippen molar-refractivity contribution in [2.75, 3.05) is 25.1 Å². The average molecular weight is 262 g/mol. The average Bonchev–Trinajstić information content (AvgIpc) is 2.76. The standard InChI is InChI=1S/C14H22N4O/c1-11(2)9-19-8-4-6-15-14-13-12(5-7-16-14)18(3)10-17-13/h5,7,10-11H,4,6,8-9H2,1-3H3,(H,15,16). The van der Waals surface area contributed by atoms with Gasteiger partial charge in [0.15, 0.2) is 5.82 Å². The second-order valence-electron chi connectivity index (χ2n) is 5.13. The Morgan fingerprint density at radius 1 is 1.37 bits per heavy atom. The summed E-state index contributed by atoms with van der Waals surface area (Å²) in [6.45, 7) is 6.77. The van der Waals surface area contributed by atoms with Gasteiger partial charge in [-0.05, 0) is 18.4 Å². The smallest absolute Gasteiger partial charge is 0.154 e. The minimum atomic E-state index is 0.594. The van der Waals surface area contributed by atoms with Crippen LogP contribution in [-0.4, -0.2) is 34.3 Å². The summed E-state index contributed by atoms with van der Waals surface area (Å²) in [7, 11) is 1.98. The molecule has 0 aliphatic carbocycles. The highest BCUT2D eigenvalue weighted by Crippen LogP contribution is 2.18. The maximum Gasteiger partial charge on any atom is 0.154 e. The van der Waals surface area contributed by atoms with E-state index in [0.29, 0.717) is 5.92 Å². The van der Waals surface area contributed by atoms with E-state index in [4.69, 9.17) is 4.74 Å². The Hall–Kier alpha value is -1.62. The van der Waals surface area contributed by atoms with Crippen LogP contribution in [0.2, 0.25) is 0 Å². The minimum Gasteiger partial charge on any atom is -0.381 e. The Labute approximate surface area is 114 Å². The molecular weight excluding hydrogens is 240 g/mol. The molecule has 0 aliphatic rings. The summed E-state index contributed by atoms with van der Waals surface area (Å²) in [6, 6.07) is 1.97. The molecule has 104 valence electrons. The molecule has 2 rings (SSSR count). The fraction of sp³-hybridized carbons (Fsp3) is 0.571. The van der Waals surface area contributed by atoms with Gasteiger partial charge in [0.25, 0.3) is 0 Å². The lowest BCUT2D eigenvalue weighted by atomic mass is 10.2. The summed E-state index contributed by atoms with van der Waals surface area (Å²) in [5.41, 5.74) is 2.02. The fourth-order valence-corrected chi connectivity index (χ4v) is 1.89. The molecule has 1 N–H and O–H groups in total. The third-order valence-corrected chi connectivity index (χ3v) is 2.85. The highest BCUT2D eigenvalue weighted by atomic mass is 16.5. The van der Waals surface area contributed by atoms with Crippen LogP contribution in [0.25, 0.3) is 11.0 Å². The number of hydrogen-bond acceptors (Lipinski definition) is 4. The number of imidazole rings is 1. The van der Waals surface area contributed by atoms with E-state index in [1.54, 1.807) is 0 Å². The summed E-state index contributed by atoms with van der Waals surface area (Å²) < 4.78 is 7.54. The second-order valence-corrected chi connectivity index (χ2v) is 5.13. The molecule has 0 aromatic carbocycles. The molecule has 0 unspecified atom stereocenters. The quantitative estimate of drug-likeness (QED) is 0.779. The third kappa shape index (κ3) is 3.67. The number of ether oxygens (including phenoxy) is 1. The van der Waals surface area contributed by atoms with Gasteiger partial charge >= 0.3 is 0 Å². The van der Waals surface area contributed by atoms with Gasteiger partial charge in [0.05, 0.1) is 11.8 Å². The Morgan fingerprint density at radius 3 is 3.00 bits per heavy atom. The van der Waals surface area contributed by atoms with Gasteiger partial charge in [-0.1, -0.05) is 13.8 Å². The molecular formula is C14H22N4O. The summed E-state index contributed by atoms with van der Waals surface area (Å²) in [5, 5.41) is 3.32. The Kier molecular flexibility index (Phi) is 4.74. The maximum absolute atomic E-state index is 5.54. The Morgan fingerprint density at radius 2 is 2.21 bits per heavy atom. The van der Waals surface area contributed by atoms with Crippen molar-refractivity contribution in [3.8, 4) is 0 Å². The summed E-state index contributed by atoms with van der Waals surface area (Å²) in [6.07, 6.45) is 4.59. The van der Waals surface area contributed by atoms with Crippen LogP contribution in [0.5, 0.6) is 0 Å². The van der Waals surface area contributed by atoms with Crippen LogP contribution in [-0.2, 0) is 11.8 Å². The van der Waals surface area contributed by atoms with Crippen molar-refractivity contribution >= 4 is 16.9 Å². The van der Waals surface area contributed by atoms with E-state index in [0.717, 1.165) is 43.0 Å². The number of aromatic nitrogens is 3. The van der Waals surface area contributed by atoms with E-state index >= 15 is 0 Å². The number of anilines is 1. The van der Waals surface area contributed by atoms with Crippen molar-refractivity contribution in [3.05, 3.63) is 18.6 Å². The largest absolute Gasteiger partial charge is 0.381 e. The minimum absolute atomic E-state index is 0.594. The normalized spacial score (nSPS) is 11.4. The number of aryl methyl sites for hydroxylation is 1. The van der Waals surface area contributed by atoms with Crippen molar-refractivity contribution in [3.63, 3.8) is 0 Å². The van der Waals surface area contributed by atoms with Crippen molar-refractivity contribution in [1.29, 1.82) is 0 Å². The molecule has 0 atom stereocenters. The van der Waals surface area contributed by atoms with Gasteiger partial charge in [-0.25, -0.2) is 9.97 Å². The Balaban J connectivity index is 1.82. The van der Waals surface area contributed by atoms with Crippen LogP contribution in [0.15, 0.2) is 18.6 Å². The van der Waals surface area contributed by atoms with Crippen molar-refractivity contribution in [2.45, 2.75) is 20.3 Å². The van der Waals surface area contributed by atoms with Crippen LogP contribution in [0.3, 0.4) is 0 Å². The van der Waals surface area contributed by atoms with Gasteiger partial charge < -0.3 is 14.6 Å². The summed E-state index contributed by atoms with van der Waals surface area (Å²) in [4.78, 5) is 8.70. The zero-order valence-corrected chi connectivity index (χ0v) is 11.9.